The van der Waals surface area contributed by atoms with Gasteiger partial charge in [-0.3, -0.25) is 4.98 Å². The molecule has 4 nitrogen and oxygen atoms in total. The maximum Gasteiger partial charge on any atom is 0.150 e. The van der Waals surface area contributed by atoms with Crippen LogP contribution < -0.4 is 10.5 Å². The zero-order valence-electron chi connectivity index (χ0n) is 19.2. The van der Waals surface area contributed by atoms with Crippen LogP contribution >= 0.6 is 48.8 Å². The lowest BCUT2D eigenvalue weighted by Crippen LogP contribution is -2.14. The third-order valence-corrected chi connectivity index (χ3v) is 5.04. The van der Waals surface area contributed by atoms with Crippen molar-refractivity contribution in [2.45, 2.75) is 20.0 Å². The monoisotopic (exact) mass is 549 g/mol. The van der Waals surface area contributed by atoms with Crippen molar-refractivity contribution in [2.75, 3.05) is 0 Å². The zero-order valence-corrected chi connectivity index (χ0v) is 22.4. The Balaban J connectivity index is 0.00000204. The molecule has 4 rings (SSSR count). The van der Waals surface area contributed by atoms with Gasteiger partial charge in [0, 0.05) is 16.8 Å². The number of aromatic nitrogens is 1. The van der Waals surface area contributed by atoms with Gasteiger partial charge in [0.15, 0.2) is 0 Å². The Kier molecular flexibility index (Phi) is 12.1. The summed E-state index contributed by atoms with van der Waals surface area (Å²) in [6, 6.07) is 27.5. The van der Waals surface area contributed by atoms with Gasteiger partial charge in [0.2, 0.25) is 0 Å². The summed E-state index contributed by atoms with van der Waals surface area (Å²) >= 11 is 6.52. The minimum absolute atomic E-state index is 0. The molecule has 3 aromatic carbocycles. The fourth-order valence-corrected chi connectivity index (χ4v) is 3.66. The maximum absolute atomic E-state index is 6.52. The van der Waals surface area contributed by atoms with E-state index in [1.807, 2.05) is 80.6 Å². The first kappa shape index (κ1) is 30.3. The summed E-state index contributed by atoms with van der Waals surface area (Å²) in [7, 11) is 0. The molecule has 4 aromatic rings. The van der Waals surface area contributed by atoms with E-state index in [0.29, 0.717) is 22.2 Å². The molecule has 0 saturated carbocycles. The van der Waals surface area contributed by atoms with Crippen LogP contribution in [0.5, 0.6) is 5.75 Å². The zero-order chi connectivity index (χ0) is 22.5. The molecule has 35 heavy (non-hydrogen) atoms. The fraction of sp³-hybridized carbons (Fsp3) is 0.111. The second-order valence-electron chi connectivity index (χ2n) is 7.65. The summed E-state index contributed by atoms with van der Waals surface area (Å²) < 4.78 is 6.09. The lowest BCUT2D eigenvalue weighted by molar-refractivity contribution is 0.243. The minimum Gasteiger partial charge on any atom is -0.490 e. The number of aliphatic imine (C=N–C) groups is 1. The minimum atomic E-state index is 0. The van der Waals surface area contributed by atoms with Gasteiger partial charge >= 0.3 is 0 Å². The van der Waals surface area contributed by atoms with Crippen LogP contribution in [0.2, 0.25) is 5.02 Å². The van der Waals surface area contributed by atoms with Crippen LogP contribution in [0.25, 0.3) is 22.3 Å². The number of nitrogens with zero attached hydrogens (tertiary/aromatic N) is 2. The van der Waals surface area contributed by atoms with E-state index >= 15 is 0 Å². The summed E-state index contributed by atoms with van der Waals surface area (Å²) in [6.07, 6.45) is 1.72. The van der Waals surface area contributed by atoms with Gasteiger partial charge in [-0.1, -0.05) is 48.0 Å². The van der Waals surface area contributed by atoms with Gasteiger partial charge in [-0.2, -0.15) is 0 Å². The van der Waals surface area contributed by atoms with Crippen molar-refractivity contribution in [3.05, 3.63) is 102 Å². The molecule has 0 atom stereocenters. The van der Waals surface area contributed by atoms with Crippen LogP contribution in [-0.2, 0) is 0 Å². The molecule has 0 aliphatic heterocycles. The normalized spacial score (nSPS) is 10.6. The molecule has 0 spiro atoms. The third-order valence-electron chi connectivity index (χ3n) is 4.82. The average Bonchev–Trinajstić information content (AvgIpc) is 2.80. The van der Waals surface area contributed by atoms with Crippen LogP contribution in [-0.4, -0.2) is 16.9 Å². The van der Waals surface area contributed by atoms with Crippen molar-refractivity contribution in [3.63, 3.8) is 0 Å². The van der Waals surface area contributed by atoms with E-state index in [1.54, 1.807) is 6.20 Å². The number of hydrogen-bond acceptors (Lipinski definition) is 3. The summed E-state index contributed by atoms with van der Waals surface area (Å²) in [5.74, 6) is 1.11. The Morgan fingerprint density at radius 2 is 1.51 bits per heavy atom. The van der Waals surface area contributed by atoms with E-state index in [-0.39, 0.29) is 43.3 Å². The molecule has 0 radical (unpaired) electrons. The highest BCUT2D eigenvalue weighted by molar-refractivity contribution is 6.31. The van der Waals surface area contributed by atoms with Crippen molar-refractivity contribution < 1.29 is 4.74 Å². The van der Waals surface area contributed by atoms with E-state index in [2.05, 4.69) is 28.2 Å². The third kappa shape index (κ3) is 7.87. The maximum atomic E-state index is 6.52. The van der Waals surface area contributed by atoms with Crippen molar-refractivity contribution in [3.8, 4) is 28.0 Å². The molecule has 0 aliphatic carbocycles. The molecule has 2 N–H and O–H groups in total. The summed E-state index contributed by atoms with van der Waals surface area (Å²) in [6.45, 7) is 4.00. The predicted molar refractivity (Wildman–Crippen MR) is 154 cm³/mol. The number of ether oxygens (including phenoxy) is 1. The Bertz CT molecular complexity index is 1250. The highest BCUT2D eigenvalue weighted by Crippen LogP contribution is 2.38. The molecular formula is C27H27Cl4N3O. The average molecular weight is 551 g/mol. The Hall–Kier alpha value is -2.76. The summed E-state index contributed by atoms with van der Waals surface area (Å²) in [5, 5.41) is 0.652. The quantitative estimate of drug-likeness (QED) is 0.194. The molecule has 0 aliphatic rings. The van der Waals surface area contributed by atoms with E-state index in [1.165, 1.54) is 0 Å². The number of amidine groups is 1. The van der Waals surface area contributed by atoms with E-state index in [0.717, 1.165) is 28.0 Å². The smallest absolute Gasteiger partial charge is 0.150 e. The summed E-state index contributed by atoms with van der Waals surface area (Å²) in [5.41, 5.74) is 11.5. The lowest BCUT2D eigenvalue weighted by Gasteiger charge is -2.16. The van der Waals surface area contributed by atoms with Gasteiger partial charge in [-0.25, -0.2) is 4.99 Å². The number of halogens is 4. The number of benzene rings is 3. The Morgan fingerprint density at radius 3 is 2.17 bits per heavy atom. The molecule has 1 aromatic heterocycles. The SMILES string of the molecule is CC(C)Oc1ccc(N=C(N)c2ccccn2)cc1-c1cc(Cl)cc(-c2ccccc2)c1.Cl.Cl.Cl. The van der Waals surface area contributed by atoms with Crippen LogP contribution in [0.1, 0.15) is 19.5 Å². The largest absolute Gasteiger partial charge is 0.490 e. The Labute approximate surface area is 229 Å². The first-order valence-corrected chi connectivity index (χ1v) is 10.8. The first-order chi connectivity index (χ1) is 15.5. The first-order valence-electron chi connectivity index (χ1n) is 10.4. The van der Waals surface area contributed by atoms with Gasteiger partial charge in [0.25, 0.3) is 0 Å². The van der Waals surface area contributed by atoms with Crippen LogP contribution in [0, 0.1) is 0 Å². The number of nitrogens with two attached hydrogens (primary N) is 1. The van der Waals surface area contributed by atoms with Gasteiger partial charge in [0.05, 0.1) is 11.8 Å². The Morgan fingerprint density at radius 1 is 0.829 bits per heavy atom. The van der Waals surface area contributed by atoms with Crippen molar-refractivity contribution in [1.29, 1.82) is 0 Å². The molecule has 0 saturated heterocycles. The van der Waals surface area contributed by atoms with Gasteiger partial charge in [-0.05, 0) is 79.1 Å². The van der Waals surface area contributed by atoms with Gasteiger partial charge in [0.1, 0.15) is 17.3 Å². The number of pyridine rings is 1. The van der Waals surface area contributed by atoms with E-state index in [4.69, 9.17) is 22.1 Å². The molecule has 184 valence electrons. The van der Waals surface area contributed by atoms with Crippen molar-refractivity contribution >= 4 is 60.3 Å². The van der Waals surface area contributed by atoms with Gasteiger partial charge < -0.3 is 10.5 Å². The standard InChI is InChI=1S/C27H24ClN3O.3ClH/c1-18(2)32-26-12-11-23(31-27(29)25-10-6-7-13-30-25)17-24(26)21-14-20(15-22(28)16-21)19-8-4-3-5-9-19;;;/h3-18H,1-2H3,(H2,29,31);3*1H. The molecule has 0 bridgehead atoms. The second-order valence-corrected chi connectivity index (χ2v) is 8.09. The van der Waals surface area contributed by atoms with Crippen LogP contribution in [0.4, 0.5) is 5.69 Å². The molecular weight excluding hydrogens is 524 g/mol. The molecule has 0 unspecified atom stereocenters. The lowest BCUT2D eigenvalue weighted by atomic mass is 9.98. The van der Waals surface area contributed by atoms with E-state index < -0.39 is 0 Å². The highest BCUT2D eigenvalue weighted by atomic mass is 35.5. The molecule has 1 heterocycles. The van der Waals surface area contributed by atoms with Crippen LogP contribution in [0.3, 0.4) is 0 Å². The highest BCUT2D eigenvalue weighted by Gasteiger charge is 2.13. The molecule has 8 heteroatoms. The summed E-state index contributed by atoms with van der Waals surface area (Å²) in [4.78, 5) is 8.85. The fourth-order valence-electron chi connectivity index (χ4n) is 3.42. The number of rotatable bonds is 6. The van der Waals surface area contributed by atoms with Crippen molar-refractivity contribution in [2.24, 2.45) is 10.7 Å². The van der Waals surface area contributed by atoms with E-state index in [9.17, 15) is 0 Å². The molecule has 0 amide bonds. The van der Waals surface area contributed by atoms with Gasteiger partial charge in [-0.15, -0.1) is 37.2 Å². The van der Waals surface area contributed by atoms with Crippen molar-refractivity contribution in [1.82, 2.24) is 4.98 Å². The molecule has 0 fully saturated rings. The predicted octanol–water partition coefficient (Wildman–Crippen LogP) is 8.16. The van der Waals surface area contributed by atoms with Crippen LogP contribution in [0.15, 0.2) is 96.1 Å². The second kappa shape index (κ2) is 14.0. The number of hydrogen-bond donors (Lipinski definition) is 1. The topological polar surface area (TPSA) is 60.5 Å².